The Labute approximate surface area is 109 Å². The van der Waals surface area contributed by atoms with E-state index in [9.17, 15) is 0 Å². The third-order valence-electron chi connectivity index (χ3n) is 2.46. The zero-order valence-corrected chi connectivity index (χ0v) is 11.9. The van der Waals surface area contributed by atoms with Crippen LogP contribution in [0.4, 0.5) is 5.13 Å². The molecule has 2 N–H and O–H groups in total. The zero-order chi connectivity index (χ0) is 12.4. The lowest BCUT2D eigenvalue weighted by Gasteiger charge is -2.13. The molecule has 0 aliphatic rings. The van der Waals surface area contributed by atoms with Crippen LogP contribution >= 0.6 is 22.7 Å². The summed E-state index contributed by atoms with van der Waals surface area (Å²) in [6.07, 6.45) is 0. The molecule has 2 heterocycles. The Balaban J connectivity index is 2.11. The number of aromatic nitrogens is 2. The predicted molar refractivity (Wildman–Crippen MR) is 73.7 cm³/mol. The summed E-state index contributed by atoms with van der Waals surface area (Å²) in [5.41, 5.74) is 7.79. The van der Waals surface area contributed by atoms with Crippen molar-refractivity contribution in [3.8, 4) is 0 Å². The average molecular weight is 268 g/mol. The van der Waals surface area contributed by atoms with Crippen molar-refractivity contribution in [3.05, 3.63) is 26.7 Å². The van der Waals surface area contributed by atoms with E-state index >= 15 is 0 Å². The van der Waals surface area contributed by atoms with E-state index < -0.39 is 0 Å². The molecule has 0 bridgehead atoms. The van der Waals surface area contributed by atoms with E-state index in [1.165, 1.54) is 0 Å². The van der Waals surface area contributed by atoms with E-state index in [1.807, 2.05) is 20.9 Å². The van der Waals surface area contributed by atoms with Gasteiger partial charge in [-0.3, -0.25) is 0 Å². The first-order valence-electron chi connectivity index (χ1n) is 5.38. The standard InChI is InChI=1S/C11H16N4S2/c1-7-10(4-12)17-11(13-7)15(3)5-9-6-16-8(2)14-9/h6H,4-5,12H2,1-3H3. The number of rotatable bonds is 4. The van der Waals surface area contributed by atoms with E-state index in [4.69, 9.17) is 5.73 Å². The van der Waals surface area contributed by atoms with Crippen LogP contribution in [0.5, 0.6) is 0 Å². The highest BCUT2D eigenvalue weighted by Gasteiger charge is 2.11. The van der Waals surface area contributed by atoms with Crippen LogP contribution in [-0.4, -0.2) is 17.0 Å². The molecule has 0 aliphatic carbocycles. The maximum atomic E-state index is 5.66. The van der Waals surface area contributed by atoms with Crippen molar-refractivity contribution in [1.29, 1.82) is 0 Å². The Hall–Kier alpha value is -0.980. The van der Waals surface area contributed by atoms with Gasteiger partial charge < -0.3 is 10.6 Å². The van der Waals surface area contributed by atoms with Crippen molar-refractivity contribution in [1.82, 2.24) is 9.97 Å². The summed E-state index contributed by atoms with van der Waals surface area (Å²) in [6.45, 7) is 5.38. The molecule has 6 heteroatoms. The molecule has 4 nitrogen and oxygen atoms in total. The topological polar surface area (TPSA) is 55.0 Å². The molecule has 0 saturated heterocycles. The van der Waals surface area contributed by atoms with Gasteiger partial charge in [-0.25, -0.2) is 9.97 Å². The van der Waals surface area contributed by atoms with Gasteiger partial charge in [0.2, 0.25) is 0 Å². The fraction of sp³-hybridized carbons (Fsp3) is 0.455. The summed E-state index contributed by atoms with van der Waals surface area (Å²) in [7, 11) is 2.03. The summed E-state index contributed by atoms with van der Waals surface area (Å²) in [5.74, 6) is 0. The number of nitrogens with zero attached hydrogens (tertiary/aromatic N) is 3. The molecule has 2 aromatic heterocycles. The summed E-state index contributed by atoms with van der Waals surface area (Å²) in [5, 5.41) is 4.20. The predicted octanol–water partition coefficient (Wildman–Crippen LogP) is 2.31. The molecule has 17 heavy (non-hydrogen) atoms. The van der Waals surface area contributed by atoms with Crippen molar-refractivity contribution in [2.45, 2.75) is 26.9 Å². The van der Waals surface area contributed by atoms with Crippen molar-refractivity contribution < 1.29 is 0 Å². The molecule has 0 fully saturated rings. The largest absolute Gasteiger partial charge is 0.345 e. The quantitative estimate of drug-likeness (QED) is 0.924. The van der Waals surface area contributed by atoms with Gasteiger partial charge in [0.05, 0.1) is 22.9 Å². The molecular formula is C11H16N4S2. The highest BCUT2D eigenvalue weighted by molar-refractivity contribution is 7.15. The number of anilines is 1. The maximum Gasteiger partial charge on any atom is 0.185 e. The van der Waals surface area contributed by atoms with Crippen LogP contribution in [0.25, 0.3) is 0 Å². The van der Waals surface area contributed by atoms with E-state index in [0.29, 0.717) is 6.54 Å². The number of aryl methyl sites for hydroxylation is 2. The molecule has 0 unspecified atom stereocenters. The molecule has 0 aliphatic heterocycles. The van der Waals surface area contributed by atoms with Crippen molar-refractivity contribution in [2.75, 3.05) is 11.9 Å². The summed E-state index contributed by atoms with van der Waals surface area (Å²) < 4.78 is 0. The van der Waals surface area contributed by atoms with Crippen LogP contribution in [0.15, 0.2) is 5.38 Å². The Bertz CT molecular complexity index is 503. The van der Waals surface area contributed by atoms with Crippen LogP contribution in [0, 0.1) is 13.8 Å². The maximum absolute atomic E-state index is 5.66. The first kappa shape index (κ1) is 12.5. The fourth-order valence-electron chi connectivity index (χ4n) is 1.56. The number of thiazole rings is 2. The molecule has 92 valence electrons. The van der Waals surface area contributed by atoms with Gasteiger partial charge in [-0.1, -0.05) is 0 Å². The van der Waals surface area contributed by atoms with Gasteiger partial charge in [0, 0.05) is 23.8 Å². The van der Waals surface area contributed by atoms with Gasteiger partial charge in [-0.2, -0.15) is 0 Å². The number of nitrogens with two attached hydrogens (primary N) is 1. The molecular weight excluding hydrogens is 252 g/mol. The van der Waals surface area contributed by atoms with E-state index in [2.05, 4.69) is 20.2 Å². The number of hydrogen-bond acceptors (Lipinski definition) is 6. The van der Waals surface area contributed by atoms with Gasteiger partial charge in [-0.15, -0.1) is 22.7 Å². The van der Waals surface area contributed by atoms with Crippen molar-refractivity contribution in [3.63, 3.8) is 0 Å². The molecule has 2 rings (SSSR count). The third-order valence-corrected chi connectivity index (χ3v) is 4.58. The van der Waals surface area contributed by atoms with Crippen LogP contribution in [-0.2, 0) is 13.1 Å². The van der Waals surface area contributed by atoms with Gasteiger partial charge in [0.1, 0.15) is 0 Å². The Morgan fingerprint density at radius 2 is 2.12 bits per heavy atom. The van der Waals surface area contributed by atoms with Crippen molar-refractivity contribution >= 4 is 27.8 Å². The Morgan fingerprint density at radius 1 is 1.35 bits per heavy atom. The summed E-state index contributed by atoms with van der Waals surface area (Å²) >= 11 is 3.34. The second-order valence-corrected chi connectivity index (χ2v) is 6.05. The number of hydrogen-bond donors (Lipinski definition) is 1. The van der Waals surface area contributed by atoms with E-state index in [1.54, 1.807) is 22.7 Å². The molecule has 2 aromatic rings. The smallest absolute Gasteiger partial charge is 0.185 e. The molecule has 0 amide bonds. The molecule has 0 saturated carbocycles. The van der Waals surface area contributed by atoms with Gasteiger partial charge in [-0.05, 0) is 13.8 Å². The van der Waals surface area contributed by atoms with Crippen LogP contribution < -0.4 is 10.6 Å². The highest BCUT2D eigenvalue weighted by atomic mass is 32.1. The lowest BCUT2D eigenvalue weighted by molar-refractivity contribution is 0.880. The van der Waals surface area contributed by atoms with Gasteiger partial charge in [0.25, 0.3) is 0 Å². The average Bonchev–Trinajstić information content (AvgIpc) is 2.85. The molecule has 0 atom stereocenters. The van der Waals surface area contributed by atoms with Crippen molar-refractivity contribution in [2.24, 2.45) is 5.73 Å². The minimum absolute atomic E-state index is 0.563. The van der Waals surface area contributed by atoms with Gasteiger partial charge >= 0.3 is 0 Å². The molecule has 0 spiro atoms. The minimum Gasteiger partial charge on any atom is -0.345 e. The highest BCUT2D eigenvalue weighted by Crippen LogP contribution is 2.26. The van der Waals surface area contributed by atoms with Crippen LogP contribution in [0.2, 0.25) is 0 Å². The monoisotopic (exact) mass is 268 g/mol. The SMILES string of the molecule is Cc1nc(CN(C)c2nc(C)c(CN)s2)cs1. The van der Waals surface area contributed by atoms with Gasteiger partial charge in [0.15, 0.2) is 5.13 Å². The Morgan fingerprint density at radius 3 is 2.65 bits per heavy atom. The van der Waals surface area contributed by atoms with Crippen LogP contribution in [0.1, 0.15) is 21.3 Å². The molecule has 0 aromatic carbocycles. The second kappa shape index (κ2) is 5.12. The normalized spacial score (nSPS) is 10.8. The van der Waals surface area contributed by atoms with Crippen LogP contribution in [0.3, 0.4) is 0 Å². The van der Waals surface area contributed by atoms with E-state index in [0.717, 1.165) is 32.9 Å². The lowest BCUT2D eigenvalue weighted by atomic mass is 10.4. The summed E-state index contributed by atoms with van der Waals surface area (Å²) in [6, 6.07) is 0. The first-order chi connectivity index (χ1) is 8.10. The first-order valence-corrected chi connectivity index (χ1v) is 7.08. The molecule has 0 radical (unpaired) electrons. The summed E-state index contributed by atoms with van der Waals surface area (Å²) in [4.78, 5) is 12.2. The Kier molecular flexibility index (Phi) is 3.76. The fourth-order valence-corrected chi connectivity index (χ4v) is 3.06. The minimum atomic E-state index is 0.563. The van der Waals surface area contributed by atoms with E-state index in [-0.39, 0.29) is 0 Å². The second-order valence-electron chi connectivity index (χ2n) is 3.92. The third kappa shape index (κ3) is 2.83. The lowest BCUT2D eigenvalue weighted by Crippen LogP contribution is -2.16. The zero-order valence-electron chi connectivity index (χ0n) is 10.2.